The van der Waals surface area contributed by atoms with Crippen LogP contribution in [0.4, 0.5) is 0 Å². The van der Waals surface area contributed by atoms with Gasteiger partial charge < -0.3 is 16.0 Å². The van der Waals surface area contributed by atoms with Gasteiger partial charge in [0.2, 0.25) is 5.91 Å². The molecule has 2 rings (SSSR count). The van der Waals surface area contributed by atoms with Crippen molar-refractivity contribution < 1.29 is 4.79 Å². The third-order valence-corrected chi connectivity index (χ3v) is 4.44. The summed E-state index contributed by atoms with van der Waals surface area (Å²) in [7, 11) is 0. The summed E-state index contributed by atoms with van der Waals surface area (Å²) in [5.74, 6) is -0.200. The minimum atomic E-state index is -0.200. The summed E-state index contributed by atoms with van der Waals surface area (Å²) in [4.78, 5) is 13.8. The molecule has 1 saturated heterocycles. The average Bonchev–Trinajstić information content (AvgIpc) is 2.47. The van der Waals surface area contributed by atoms with E-state index in [9.17, 15) is 4.79 Å². The molecule has 0 radical (unpaired) electrons. The van der Waals surface area contributed by atoms with E-state index in [4.69, 9.17) is 5.73 Å². The Morgan fingerprint density at radius 2 is 1.95 bits per heavy atom. The fourth-order valence-electron chi connectivity index (χ4n) is 3.26. The van der Waals surface area contributed by atoms with E-state index in [-0.39, 0.29) is 11.4 Å². The normalized spacial score (nSPS) is 18.5. The van der Waals surface area contributed by atoms with Gasteiger partial charge in [0.15, 0.2) is 0 Å². The number of likely N-dealkylation sites (tertiary alicyclic amines) is 1. The van der Waals surface area contributed by atoms with Crippen molar-refractivity contribution in [1.29, 1.82) is 0 Å². The number of nitrogens with zero attached hydrogens (tertiary/aromatic N) is 1. The van der Waals surface area contributed by atoms with Gasteiger partial charge in [0.25, 0.3) is 0 Å². The molecular weight excluding hydrogens is 262 g/mol. The van der Waals surface area contributed by atoms with Crippen molar-refractivity contribution in [2.75, 3.05) is 26.2 Å². The Hall–Kier alpha value is -1.39. The third-order valence-electron chi connectivity index (χ3n) is 4.44. The van der Waals surface area contributed by atoms with E-state index >= 15 is 0 Å². The van der Waals surface area contributed by atoms with Crippen molar-refractivity contribution >= 4 is 5.91 Å². The molecule has 0 atom stereocenters. The van der Waals surface area contributed by atoms with Crippen LogP contribution < -0.4 is 11.1 Å². The van der Waals surface area contributed by atoms with Gasteiger partial charge in [0, 0.05) is 18.5 Å². The van der Waals surface area contributed by atoms with E-state index in [1.54, 1.807) is 0 Å². The summed E-state index contributed by atoms with van der Waals surface area (Å²) >= 11 is 0. The first-order valence-electron chi connectivity index (χ1n) is 7.93. The van der Waals surface area contributed by atoms with Gasteiger partial charge in [-0.3, -0.25) is 4.79 Å². The maximum absolute atomic E-state index is 11.3. The summed E-state index contributed by atoms with van der Waals surface area (Å²) < 4.78 is 0. The smallest absolute Gasteiger partial charge is 0.219 e. The number of nitrogens with one attached hydrogen (secondary N) is 1. The number of hydrogen-bond donors (Lipinski definition) is 2. The molecule has 0 aromatic heterocycles. The second kappa shape index (κ2) is 7.57. The highest BCUT2D eigenvalue weighted by atomic mass is 16.1. The van der Waals surface area contributed by atoms with E-state index in [0.717, 1.165) is 45.4 Å². The van der Waals surface area contributed by atoms with Crippen LogP contribution in [-0.2, 0) is 11.2 Å². The van der Waals surface area contributed by atoms with Crippen LogP contribution in [0.15, 0.2) is 30.3 Å². The fourth-order valence-corrected chi connectivity index (χ4v) is 3.26. The zero-order valence-corrected chi connectivity index (χ0v) is 13.0. The predicted molar refractivity (Wildman–Crippen MR) is 86.0 cm³/mol. The molecule has 1 aromatic rings. The number of hydrogen-bond acceptors (Lipinski definition) is 3. The standard InChI is InChI=1S/C17H27N3O/c1-2-19-17(14-16(18)21)9-12-20(13-10-17)11-8-15-6-4-3-5-7-15/h3-7,19H,2,8-14H2,1H3,(H2,18,21). The maximum atomic E-state index is 11.3. The van der Waals surface area contributed by atoms with E-state index in [2.05, 4.69) is 47.5 Å². The van der Waals surface area contributed by atoms with Crippen molar-refractivity contribution in [3.05, 3.63) is 35.9 Å². The first-order chi connectivity index (χ1) is 10.1. The second-order valence-electron chi connectivity index (χ2n) is 6.03. The van der Waals surface area contributed by atoms with E-state index in [1.807, 2.05) is 0 Å². The van der Waals surface area contributed by atoms with Gasteiger partial charge in [0.05, 0.1) is 0 Å². The highest BCUT2D eigenvalue weighted by Gasteiger charge is 2.34. The van der Waals surface area contributed by atoms with Crippen LogP contribution in [0.1, 0.15) is 31.7 Å². The zero-order valence-electron chi connectivity index (χ0n) is 13.0. The lowest BCUT2D eigenvalue weighted by Gasteiger charge is -2.42. The molecule has 1 aliphatic heterocycles. The summed E-state index contributed by atoms with van der Waals surface area (Å²) in [6, 6.07) is 10.6. The highest BCUT2D eigenvalue weighted by molar-refractivity contribution is 5.75. The quantitative estimate of drug-likeness (QED) is 0.800. The third kappa shape index (κ3) is 4.83. The first kappa shape index (κ1) is 16.0. The molecule has 116 valence electrons. The van der Waals surface area contributed by atoms with Gasteiger partial charge in [-0.1, -0.05) is 37.3 Å². The van der Waals surface area contributed by atoms with Crippen LogP contribution in [0.25, 0.3) is 0 Å². The molecule has 0 saturated carbocycles. The number of piperidine rings is 1. The van der Waals surface area contributed by atoms with Crippen LogP contribution >= 0.6 is 0 Å². The Morgan fingerprint density at radius 1 is 1.29 bits per heavy atom. The molecule has 21 heavy (non-hydrogen) atoms. The Kier molecular flexibility index (Phi) is 5.76. The zero-order chi connectivity index (χ0) is 15.1. The molecule has 1 fully saturated rings. The summed E-state index contributed by atoms with van der Waals surface area (Å²) in [5, 5.41) is 3.50. The number of carbonyl (C=O) groups is 1. The molecule has 4 heteroatoms. The van der Waals surface area contributed by atoms with Crippen LogP contribution in [0.2, 0.25) is 0 Å². The summed E-state index contributed by atoms with van der Waals surface area (Å²) in [6.45, 7) is 6.13. The lowest BCUT2D eigenvalue weighted by molar-refractivity contribution is -0.120. The Morgan fingerprint density at radius 3 is 2.52 bits per heavy atom. The topological polar surface area (TPSA) is 58.4 Å². The molecule has 0 unspecified atom stereocenters. The average molecular weight is 289 g/mol. The number of primary amides is 1. The largest absolute Gasteiger partial charge is 0.370 e. The number of amides is 1. The van der Waals surface area contributed by atoms with Gasteiger partial charge in [-0.2, -0.15) is 0 Å². The number of benzene rings is 1. The molecule has 3 N–H and O–H groups in total. The van der Waals surface area contributed by atoms with Crippen LogP contribution in [0.5, 0.6) is 0 Å². The lowest BCUT2D eigenvalue weighted by Crippen LogP contribution is -2.55. The summed E-state index contributed by atoms with van der Waals surface area (Å²) in [6.07, 6.45) is 3.54. The lowest BCUT2D eigenvalue weighted by atomic mass is 9.84. The predicted octanol–water partition coefficient (Wildman–Crippen LogP) is 1.55. The molecule has 0 spiro atoms. The SMILES string of the molecule is CCNC1(CC(N)=O)CCN(CCc2ccccc2)CC1. The Balaban J connectivity index is 1.82. The highest BCUT2D eigenvalue weighted by Crippen LogP contribution is 2.25. The van der Waals surface area contributed by atoms with Crippen molar-refractivity contribution in [1.82, 2.24) is 10.2 Å². The minimum Gasteiger partial charge on any atom is -0.370 e. The molecule has 0 bridgehead atoms. The van der Waals surface area contributed by atoms with Crippen LogP contribution in [0.3, 0.4) is 0 Å². The number of carbonyl (C=O) groups excluding carboxylic acids is 1. The molecule has 1 amide bonds. The maximum Gasteiger partial charge on any atom is 0.219 e. The second-order valence-corrected chi connectivity index (χ2v) is 6.03. The minimum absolute atomic E-state index is 0.0795. The van der Waals surface area contributed by atoms with Crippen LogP contribution in [-0.4, -0.2) is 42.5 Å². The molecule has 1 aliphatic rings. The first-order valence-corrected chi connectivity index (χ1v) is 7.93. The fraction of sp³-hybridized carbons (Fsp3) is 0.588. The van der Waals surface area contributed by atoms with E-state index < -0.39 is 0 Å². The number of nitrogens with two attached hydrogens (primary N) is 1. The molecular formula is C17H27N3O. The molecule has 1 aromatic carbocycles. The van der Waals surface area contributed by atoms with Crippen molar-refractivity contribution in [3.63, 3.8) is 0 Å². The van der Waals surface area contributed by atoms with Gasteiger partial charge >= 0.3 is 0 Å². The molecule has 4 nitrogen and oxygen atoms in total. The number of rotatable bonds is 7. The van der Waals surface area contributed by atoms with Gasteiger partial charge in [0.1, 0.15) is 0 Å². The van der Waals surface area contributed by atoms with Gasteiger partial charge in [-0.05, 0) is 44.5 Å². The molecule has 1 heterocycles. The van der Waals surface area contributed by atoms with Crippen molar-refractivity contribution in [2.24, 2.45) is 5.73 Å². The van der Waals surface area contributed by atoms with Gasteiger partial charge in [-0.25, -0.2) is 0 Å². The summed E-state index contributed by atoms with van der Waals surface area (Å²) in [5.41, 5.74) is 6.72. The monoisotopic (exact) mass is 289 g/mol. The van der Waals surface area contributed by atoms with Crippen LogP contribution in [0, 0.1) is 0 Å². The molecule has 0 aliphatic carbocycles. The van der Waals surface area contributed by atoms with E-state index in [0.29, 0.717) is 6.42 Å². The van der Waals surface area contributed by atoms with Crippen molar-refractivity contribution in [2.45, 2.75) is 38.1 Å². The Bertz CT molecular complexity index is 439. The Labute approximate surface area is 127 Å². The van der Waals surface area contributed by atoms with E-state index in [1.165, 1.54) is 5.56 Å². The van der Waals surface area contributed by atoms with Crippen molar-refractivity contribution in [3.8, 4) is 0 Å². The van der Waals surface area contributed by atoms with Gasteiger partial charge in [-0.15, -0.1) is 0 Å².